The van der Waals surface area contributed by atoms with Crippen molar-refractivity contribution in [2.75, 3.05) is 0 Å². The van der Waals surface area contributed by atoms with E-state index in [1.807, 2.05) is 54.6 Å². The molecule has 0 unspecified atom stereocenters. The smallest absolute Gasteiger partial charge is 0.238 e. The van der Waals surface area contributed by atoms with E-state index in [1.54, 1.807) is 42.5 Å². The molecule has 0 aliphatic carbocycles. The van der Waals surface area contributed by atoms with Gasteiger partial charge in [0, 0.05) is 43.4 Å². The number of hydrogen-bond acceptors (Lipinski definition) is 5. The van der Waals surface area contributed by atoms with Crippen LogP contribution >= 0.6 is 0 Å². The quantitative estimate of drug-likeness (QED) is 0.175. The predicted molar refractivity (Wildman–Crippen MR) is 230 cm³/mol. The molecule has 0 aliphatic rings. The molecular formula is C51H30N4O2. The number of aromatic nitrogens is 4. The Hall–Kier alpha value is -7.83. The summed E-state index contributed by atoms with van der Waals surface area (Å²) < 4.78 is 140. The van der Waals surface area contributed by atoms with E-state index >= 15 is 0 Å². The van der Waals surface area contributed by atoms with Crippen molar-refractivity contribution in [3.63, 3.8) is 0 Å². The number of nitrogens with zero attached hydrogens (tertiary/aromatic N) is 4. The van der Waals surface area contributed by atoms with E-state index in [9.17, 15) is 6.85 Å². The van der Waals surface area contributed by atoms with Crippen LogP contribution < -0.4 is 0 Å². The van der Waals surface area contributed by atoms with Crippen LogP contribution in [0.3, 0.4) is 0 Å². The molecule has 6 nitrogen and oxygen atoms in total. The van der Waals surface area contributed by atoms with E-state index in [2.05, 4.69) is 0 Å². The second-order valence-corrected chi connectivity index (χ2v) is 13.3. The Labute approximate surface area is 345 Å². The number of fused-ring (bicyclic) bond motifs is 10. The molecule has 0 aliphatic heterocycles. The van der Waals surface area contributed by atoms with Crippen LogP contribution in [0.15, 0.2) is 190 Å². The van der Waals surface area contributed by atoms with Crippen LogP contribution in [-0.4, -0.2) is 19.5 Å². The Morgan fingerprint density at radius 2 is 1.16 bits per heavy atom. The van der Waals surface area contributed by atoms with Crippen molar-refractivity contribution in [2.24, 2.45) is 0 Å². The normalized spacial score (nSPS) is 15.3. The van der Waals surface area contributed by atoms with E-state index < -0.39 is 89.8 Å². The van der Waals surface area contributed by atoms with E-state index in [-0.39, 0.29) is 67.2 Å². The topological polar surface area (TPSA) is 69.9 Å². The Morgan fingerprint density at radius 1 is 0.421 bits per heavy atom. The molecule has 8 aromatic carbocycles. The van der Waals surface area contributed by atoms with Crippen LogP contribution in [0.1, 0.15) is 19.2 Å². The van der Waals surface area contributed by atoms with Gasteiger partial charge in [-0.05, 0) is 70.7 Å². The molecule has 4 heterocycles. The highest BCUT2D eigenvalue weighted by Crippen LogP contribution is 2.43. The molecule has 0 saturated carbocycles. The summed E-state index contributed by atoms with van der Waals surface area (Å²) in [5.74, 6) is -0.985. The van der Waals surface area contributed by atoms with Gasteiger partial charge >= 0.3 is 0 Å². The van der Waals surface area contributed by atoms with Gasteiger partial charge in [-0.25, -0.2) is 4.98 Å². The van der Waals surface area contributed by atoms with Gasteiger partial charge in [0.1, 0.15) is 22.3 Å². The number of benzene rings is 8. The van der Waals surface area contributed by atoms with Gasteiger partial charge in [0.05, 0.1) is 30.2 Å². The average molecular weight is 745 g/mol. The average Bonchev–Trinajstić information content (AvgIpc) is 4.08. The Morgan fingerprint density at radius 3 is 2.00 bits per heavy atom. The summed E-state index contributed by atoms with van der Waals surface area (Å²) in [4.78, 5) is 14.3. The Balaban J connectivity index is 1.23. The molecule has 12 aromatic rings. The van der Waals surface area contributed by atoms with Gasteiger partial charge < -0.3 is 8.83 Å². The zero-order valence-corrected chi connectivity index (χ0v) is 29.3. The van der Waals surface area contributed by atoms with Crippen molar-refractivity contribution in [2.45, 2.75) is 0 Å². The SMILES string of the molecule is [2H]c1c([2H])c([2H])c(-c2nc(-c3ccc4c(c3)oc3cccc(-c5ccccc5)c34)nc(-n3c4c([2H])c([2H])c([2H])c([2H])c4c4c5c(oc6c([2H])c([2H])c(-c7ccccc7)c([2H])c65)c([2H])c([2H])c43)n2)c([2H])c1[2H]. The van der Waals surface area contributed by atoms with Crippen LogP contribution in [0.25, 0.3) is 117 Å². The lowest BCUT2D eigenvalue weighted by Crippen LogP contribution is -2.06. The standard InChI is InChI=1S/C51H30N4O2/c1-4-13-31(14-5-1)34-24-27-42-39(29-34)48-44(56-42)28-26-41-47(48)37-19-10-11-21-40(37)55(41)51-53-49(33-17-8-3-9-18-33)52-50(54-51)35-23-25-38-45(30-35)57-43-22-12-20-36(46(38)43)32-15-6-2-7-16-32/h1-30H/i3D,8D,9D,10D,11D,17D,18D,19D,21D,24D,26D,27D,28D,29D. The first-order chi connectivity index (χ1) is 34.1. The minimum atomic E-state index is -0.680. The van der Waals surface area contributed by atoms with Gasteiger partial charge in [0.25, 0.3) is 0 Å². The Kier molecular flexibility index (Phi) is 4.49. The summed E-state index contributed by atoms with van der Waals surface area (Å²) >= 11 is 0. The maximum Gasteiger partial charge on any atom is 0.238 e. The molecule has 4 aromatic heterocycles. The second-order valence-electron chi connectivity index (χ2n) is 13.3. The fourth-order valence-corrected chi connectivity index (χ4v) is 7.55. The fraction of sp³-hybridized carbons (Fsp3) is 0. The highest BCUT2D eigenvalue weighted by Gasteiger charge is 2.22. The molecule has 0 spiro atoms. The van der Waals surface area contributed by atoms with E-state index in [0.29, 0.717) is 22.3 Å². The first-order valence-electron chi connectivity index (χ1n) is 24.9. The third-order valence-corrected chi connectivity index (χ3v) is 10.1. The van der Waals surface area contributed by atoms with Crippen molar-refractivity contribution in [3.8, 4) is 51.0 Å². The van der Waals surface area contributed by atoms with E-state index in [0.717, 1.165) is 26.5 Å². The number of para-hydroxylation sites is 1. The highest BCUT2D eigenvalue weighted by molar-refractivity contribution is 6.27. The van der Waals surface area contributed by atoms with Crippen molar-refractivity contribution >= 4 is 65.7 Å². The molecule has 0 atom stereocenters. The fourth-order valence-electron chi connectivity index (χ4n) is 7.55. The first kappa shape index (κ1) is 20.7. The lowest BCUT2D eigenvalue weighted by molar-refractivity contribution is 0.669. The third kappa shape index (κ3) is 4.94. The molecule has 0 bridgehead atoms. The molecular weight excluding hydrogens is 701 g/mol. The molecule has 0 fully saturated rings. The summed E-state index contributed by atoms with van der Waals surface area (Å²) in [5.41, 5.74) is 2.23. The number of hydrogen-bond donors (Lipinski definition) is 0. The van der Waals surface area contributed by atoms with Crippen molar-refractivity contribution in [1.82, 2.24) is 19.5 Å². The monoisotopic (exact) mass is 744 g/mol. The zero-order chi connectivity index (χ0) is 49.6. The lowest BCUT2D eigenvalue weighted by Gasteiger charge is -2.11. The van der Waals surface area contributed by atoms with Crippen LogP contribution in [0.5, 0.6) is 0 Å². The summed E-state index contributed by atoms with van der Waals surface area (Å²) in [6.45, 7) is 0. The molecule has 12 rings (SSSR count). The van der Waals surface area contributed by atoms with E-state index in [4.69, 9.17) is 36.1 Å². The number of furan rings is 2. The minimum Gasteiger partial charge on any atom is -0.456 e. The number of rotatable bonds is 5. The summed E-state index contributed by atoms with van der Waals surface area (Å²) in [7, 11) is 0. The van der Waals surface area contributed by atoms with Crippen molar-refractivity contribution < 1.29 is 28.0 Å². The van der Waals surface area contributed by atoms with E-state index in [1.165, 1.54) is 0 Å². The van der Waals surface area contributed by atoms with Crippen molar-refractivity contribution in [1.29, 1.82) is 0 Å². The molecule has 0 radical (unpaired) electrons. The largest absolute Gasteiger partial charge is 0.456 e. The first-order valence-corrected chi connectivity index (χ1v) is 17.9. The molecule has 0 amide bonds. The van der Waals surface area contributed by atoms with Gasteiger partial charge in [0.15, 0.2) is 11.6 Å². The van der Waals surface area contributed by atoms with Gasteiger partial charge in [-0.1, -0.05) is 133 Å². The third-order valence-electron chi connectivity index (χ3n) is 10.1. The summed E-state index contributed by atoms with van der Waals surface area (Å²) in [6, 6.07) is 21.2. The van der Waals surface area contributed by atoms with Gasteiger partial charge in [-0.15, -0.1) is 0 Å². The molecule has 0 saturated heterocycles. The van der Waals surface area contributed by atoms with Crippen LogP contribution in [0.4, 0.5) is 0 Å². The minimum absolute atomic E-state index is 0.0363. The molecule has 6 heteroatoms. The maximum absolute atomic E-state index is 9.62. The summed E-state index contributed by atoms with van der Waals surface area (Å²) in [6.07, 6.45) is 0. The highest BCUT2D eigenvalue weighted by atomic mass is 16.3. The van der Waals surface area contributed by atoms with Crippen molar-refractivity contribution in [3.05, 3.63) is 182 Å². The lowest BCUT2D eigenvalue weighted by atomic mass is 9.99. The molecule has 57 heavy (non-hydrogen) atoms. The second kappa shape index (κ2) is 12.3. The predicted octanol–water partition coefficient (Wildman–Crippen LogP) is 13.4. The van der Waals surface area contributed by atoms with Crippen LogP contribution in [-0.2, 0) is 0 Å². The summed E-state index contributed by atoms with van der Waals surface area (Å²) in [5, 5.41) is 1.25. The molecule has 0 N–H and O–H groups in total. The van der Waals surface area contributed by atoms with Gasteiger partial charge in [-0.3, -0.25) is 4.57 Å². The molecule has 266 valence electrons. The zero-order valence-electron chi connectivity index (χ0n) is 43.3. The maximum atomic E-state index is 9.62. The van der Waals surface area contributed by atoms with Gasteiger partial charge in [0.2, 0.25) is 5.95 Å². The Bertz CT molecular complexity index is 4320. The van der Waals surface area contributed by atoms with Crippen LogP contribution in [0.2, 0.25) is 0 Å². The van der Waals surface area contributed by atoms with Crippen LogP contribution in [0, 0.1) is 0 Å². The van der Waals surface area contributed by atoms with Gasteiger partial charge in [-0.2, -0.15) is 9.97 Å².